The molecule has 0 amide bonds. The van der Waals surface area contributed by atoms with Gasteiger partial charge in [-0.3, -0.25) is 0 Å². The van der Waals surface area contributed by atoms with Crippen molar-refractivity contribution >= 4 is 0 Å². The summed E-state index contributed by atoms with van der Waals surface area (Å²) in [4.78, 5) is 0. The number of aromatic hydroxyl groups is 2. The lowest BCUT2D eigenvalue weighted by Gasteiger charge is -2.43. The Balaban J connectivity index is 2.22. The van der Waals surface area contributed by atoms with E-state index >= 15 is 0 Å². The van der Waals surface area contributed by atoms with E-state index in [2.05, 4.69) is 32.9 Å². The first-order valence-corrected chi connectivity index (χ1v) is 8.52. The van der Waals surface area contributed by atoms with Crippen molar-refractivity contribution in [3.8, 4) is 11.5 Å². The van der Waals surface area contributed by atoms with Crippen molar-refractivity contribution in [2.45, 2.75) is 51.9 Å². The summed E-state index contributed by atoms with van der Waals surface area (Å²) in [6, 6.07) is 11.5. The minimum Gasteiger partial charge on any atom is -0.508 e. The minimum atomic E-state index is -0.0206. The molecule has 2 aromatic carbocycles. The van der Waals surface area contributed by atoms with E-state index in [-0.39, 0.29) is 5.41 Å². The van der Waals surface area contributed by atoms with Crippen molar-refractivity contribution in [3.63, 3.8) is 0 Å². The van der Waals surface area contributed by atoms with Gasteiger partial charge in [0.2, 0.25) is 0 Å². The summed E-state index contributed by atoms with van der Waals surface area (Å²) in [6.07, 6.45) is 4.72. The standard InChI is InChI=1S/C21H26O2/c1-14-5-4-10-21(13-14,19-8-6-17(22)11-15(19)2)20-9-7-18(23)12-16(20)3/h6-9,11-12,14,22-23H,4-5,10,13H2,1-3H3. The summed E-state index contributed by atoms with van der Waals surface area (Å²) in [5, 5.41) is 19.6. The molecule has 23 heavy (non-hydrogen) atoms. The minimum absolute atomic E-state index is 0.0206. The van der Waals surface area contributed by atoms with Gasteiger partial charge in [0, 0.05) is 5.41 Å². The maximum atomic E-state index is 9.80. The topological polar surface area (TPSA) is 40.5 Å². The third-order valence-electron chi connectivity index (χ3n) is 5.45. The molecule has 0 bridgehead atoms. The first kappa shape index (κ1) is 15.9. The van der Waals surface area contributed by atoms with Crippen LogP contribution in [-0.4, -0.2) is 10.2 Å². The SMILES string of the molecule is Cc1cc(O)ccc1C1(c2ccc(O)cc2C)CCCC(C)C1. The van der Waals surface area contributed by atoms with E-state index < -0.39 is 0 Å². The van der Waals surface area contributed by atoms with Crippen molar-refractivity contribution in [2.75, 3.05) is 0 Å². The van der Waals surface area contributed by atoms with Gasteiger partial charge < -0.3 is 10.2 Å². The predicted molar refractivity (Wildman–Crippen MR) is 94.1 cm³/mol. The molecule has 0 saturated heterocycles. The Morgan fingerprint density at radius 1 is 0.913 bits per heavy atom. The Labute approximate surface area is 138 Å². The Hall–Kier alpha value is -1.96. The van der Waals surface area contributed by atoms with Gasteiger partial charge in [0.1, 0.15) is 11.5 Å². The van der Waals surface area contributed by atoms with Gasteiger partial charge in [-0.15, -0.1) is 0 Å². The predicted octanol–water partition coefficient (Wildman–Crippen LogP) is 5.21. The van der Waals surface area contributed by atoms with Crippen LogP contribution >= 0.6 is 0 Å². The molecule has 122 valence electrons. The van der Waals surface area contributed by atoms with Crippen LogP contribution in [0.3, 0.4) is 0 Å². The maximum Gasteiger partial charge on any atom is 0.115 e. The van der Waals surface area contributed by atoms with Crippen LogP contribution in [0.15, 0.2) is 36.4 Å². The molecule has 1 atom stereocenters. The third kappa shape index (κ3) is 2.83. The zero-order valence-electron chi connectivity index (χ0n) is 14.3. The molecular weight excluding hydrogens is 284 g/mol. The fraction of sp³-hybridized carbons (Fsp3) is 0.429. The molecule has 0 aliphatic heterocycles. The van der Waals surface area contributed by atoms with Crippen LogP contribution in [0.4, 0.5) is 0 Å². The van der Waals surface area contributed by atoms with Crippen LogP contribution in [0.2, 0.25) is 0 Å². The molecule has 1 fully saturated rings. The number of rotatable bonds is 2. The summed E-state index contributed by atoms with van der Waals surface area (Å²) >= 11 is 0. The third-order valence-corrected chi connectivity index (χ3v) is 5.45. The van der Waals surface area contributed by atoms with E-state index in [0.29, 0.717) is 17.4 Å². The first-order valence-electron chi connectivity index (χ1n) is 8.52. The van der Waals surface area contributed by atoms with Gasteiger partial charge in [-0.2, -0.15) is 0 Å². The fourth-order valence-electron chi connectivity index (χ4n) is 4.56. The number of benzene rings is 2. The highest BCUT2D eigenvalue weighted by molar-refractivity contribution is 5.50. The van der Waals surface area contributed by atoms with E-state index in [9.17, 15) is 10.2 Å². The molecule has 2 aromatic rings. The van der Waals surface area contributed by atoms with Gasteiger partial charge in [0.25, 0.3) is 0 Å². The largest absolute Gasteiger partial charge is 0.508 e. The molecule has 1 aliphatic rings. The fourth-order valence-corrected chi connectivity index (χ4v) is 4.56. The molecule has 2 heteroatoms. The molecule has 0 spiro atoms. The van der Waals surface area contributed by atoms with Crippen LogP contribution in [0.5, 0.6) is 11.5 Å². The molecule has 0 radical (unpaired) electrons. The second-order valence-corrected chi connectivity index (χ2v) is 7.28. The summed E-state index contributed by atoms with van der Waals surface area (Å²) < 4.78 is 0. The first-order chi connectivity index (χ1) is 10.9. The van der Waals surface area contributed by atoms with Crippen molar-refractivity contribution < 1.29 is 10.2 Å². The number of hydrogen-bond acceptors (Lipinski definition) is 2. The maximum absolute atomic E-state index is 9.80. The van der Waals surface area contributed by atoms with E-state index in [0.717, 1.165) is 24.0 Å². The van der Waals surface area contributed by atoms with Crippen molar-refractivity contribution in [3.05, 3.63) is 58.7 Å². The zero-order valence-corrected chi connectivity index (χ0v) is 14.3. The van der Waals surface area contributed by atoms with Crippen molar-refractivity contribution in [1.82, 2.24) is 0 Å². The molecule has 0 heterocycles. The molecule has 2 N–H and O–H groups in total. The van der Waals surface area contributed by atoms with Crippen molar-refractivity contribution in [1.29, 1.82) is 0 Å². The van der Waals surface area contributed by atoms with Gasteiger partial charge >= 0.3 is 0 Å². The molecule has 2 nitrogen and oxygen atoms in total. The normalized spacial score (nSPS) is 20.4. The van der Waals surface area contributed by atoms with E-state index in [1.807, 2.05) is 12.1 Å². The Kier molecular flexibility index (Phi) is 4.09. The van der Waals surface area contributed by atoms with Crippen LogP contribution in [-0.2, 0) is 5.41 Å². The lowest BCUT2D eigenvalue weighted by molar-refractivity contribution is 0.270. The lowest BCUT2D eigenvalue weighted by atomic mass is 9.61. The highest BCUT2D eigenvalue weighted by Gasteiger charge is 2.40. The van der Waals surface area contributed by atoms with Crippen LogP contribution in [0.1, 0.15) is 54.9 Å². The highest BCUT2D eigenvalue weighted by atomic mass is 16.3. The second-order valence-electron chi connectivity index (χ2n) is 7.28. The average molecular weight is 310 g/mol. The lowest BCUT2D eigenvalue weighted by Crippen LogP contribution is -2.35. The van der Waals surface area contributed by atoms with E-state index in [1.54, 1.807) is 12.1 Å². The average Bonchev–Trinajstić information content (AvgIpc) is 2.46. The monoisotopic (exact) mass is 310 g/mol. The Morgan fingerprint density at radius 2 is 1.43 bits per heavy atom. The summed E-state index contributed by atoms with van der Waals surface area (Å²) in [7, 11) is 0. The second kappa shape index (κ2) is 5.92. The van der Waals surface area contributed by atoms with Crippen LogP contribution in [0.25, 0.3) is 0 Å². The van der Waals surface area contributed by atoms with E-state index in [1.165, 1.54) is 24.0 Å². The molecule has 1 unspecified atom stereocenters. The summed E-state index contributed by atoms with van der Waals surface area (Å²) in [5.74, 6) is 1.32. The summed E-state index contributed by atoms with van der Waals surface area (Å²) in [6.45, 7) is 6.51. The van der Waals surface area contributed by atoms with Crippen molar-refractivity contribution in [2.24, 2.45) is 5.92 Å². The molecule has 1 saturated carbocycles. The number of phenols is 2. The molecule has 1 aliphatic carbocycles. The Bertz CT molecular complexity index is 666. The smallest absolute Gasteiger partial charge is 0.115 e. The molecule has 3 rings (SSSR count). The van der Waals surface area contributed by atoms with Crippen LogP contribution < -0.4 is 0 Å². The van der Waals surface area contributed by atoms with Gasteiger partial charge in [-0.05, 0) is 79.1 Å². The van der Waals surface area contributed by atoms with Gasteiger partial charge in [-0.1, -0.05) is 31.9 Å². The van der Waals surface area contributed by atoms with Gasteiger partial charge in [0.05, 0.1) is 0 Å². The van der Waals surface area contributed by atoms with Gasteiger partial charge in [0.15, 0.2) is 0 Å². The number of phenolic OH excluding ortho intramolecular Hbond substituents is 2. The highest BCUT2D eigenvalue weighted by Crippen LogP contribution is 2.49. The zero-order chi connectivity index (χ0) is 16.6. The number of hydrogen-bond donors (Lipinski definition) is 2. The number of aryl methyl sites for hydroxylation is 2. The Morgan fingerprint density at radius 3 is 1.87 bits per heavy atom. The quantitative estimate of drug-likeness (QED) is 0.799. The molecule has 0 aromatic heterocycles. The summed E-state index contributed by atoms with van der Waals surface area (Å²) in [5.41, 5.74) is 4.90. The van der Waals surface area contributed by atoms with E-state index in [4.69, 9.17) is 0 Å². The molecular formula is C21H26O2. The van der Waals surface area contributed by atoms with Crippen LogP contribution in [0, 0.1) is 19.8 Å². The van der Waals surface area contributed by atoms with Gasteiger partial charge in [-0.25, -0.2) is 0 Å².